The average Bonchev–Trinajstić information content (AvgIpc) is 2.75. The number of hydrogen-bond acceptors (Lipinski definition) is 3. The molecule has 2 heterocycles. The van der Waals surface area contributed by atoms with Crippen LogP contribution in [0, 0.1) is 0 Å². The zero-order valence-corrected chi connectivity index (χ0v) is 10.8. The van der Waals surface area contributed by atoms with E-state index in [1.165, 1.54) is 16.6 Å². The summed E-state index contributed by atoms with van der Waals surface area (Å²) in [4.78, 5) is 14.4. The smallest absolute Gasteiger partial charge is 0.245 e. The van der Waals surface area contributed by atoms with Gasteiger partial charge in [0.25, 0.3) is 0 Å². The van der Waals surface area contributed by atoms with E-state index >= 15 is 0 Å². The number of carbonyl (C=O) groups excluding carboxylic acids is 1. The fourth-order valence-electron chi connectivity index (χ4n) is 2.03. The Hall–Kier alpha value is -1.14. The van der Waals surface area contributed by atoms with Gasteiger partial charge in [0, 0.05) is 24.4 Å². The fourth-order valence-corrected chi connectivity index (χ4v) is 3.80. The molecule has 1 fully saturated rings. The maximum atomic E-state index is 12.4. The van der Waals surface area contributed by atoms with Gasteiger partial charge in [0.05, 0.1) is 11.4 Å². The van der Waals surface area contributed by atoms with Crippen LogP contribution >= 0.6 is 0 Å². The Kier molecular flexibility index (Phi) is 2.87. The van der Waals surface area contributed by atoms with Crippen LogP contribution in [-0.2, 0) is 14.8 Å². The lowest BCUT2D eigenvalue weighted by Crippen LogP contribution is -2.53. The maximum Gasteiger partial charge on any atom is 0.245 e. The highest BCUT2D eigenvalue weighted by atomic mass is 32.2. The summed E-state index contributed by atoms with van der Waals surface area (Å²) in [6, 6.07) is 1.50. The molecule has 1 saturated heterocycles. The van der Waals surface area contributed by atoms with Crippen LogP contribution < -0.4 is 0 Å². The summed E-state index contributed by atoms with van der Waals surface area (Å²) >= 11 is 0. The summed E-state index contributed by atoms with van der Waals surface area (Å²) in [5, 5.41) is 0. The average molecular weight is 256 g/mol. The largest absolute Gasteiger partial charge is 0.366 e. The minimum atomic E-state index is -3.58. The lowest BCUT2D eigenvalue weighted by atomic mass is 9.93. The van der Waals surface area contributed by atoms with E-state index in [0.717, 1.165) is 0 Å². The molecule has 94 valence electrons. The van der Waals surface area contributed by atoms with Gasteiger partial charge in [0.1, 0.15) is 5.78 Å². The molecule has 1 aromatic heterocycles. The van der Waals surface area contributed by atoms with E-state index in [0.29, 0.717) is 12.8 Å². The first-order chi connectivity index (χ1) is 7.84. The van der Waals surface area contributed by atoms with Gasteiger partial charge in [-0.1, -0.05) is 0 Å². The van der Waals surface area contributed by atoms with Crippen molar-refractivity contribution in [3.63, 3.8) is 0 Å². The SMILES string of the molecule is CC1(C)CCC(=O)CN1S(=O)(=O)c1cc[nH]c1. The second kappa shape index (κ2) is 3.96. The molecule has 1 aliphatic heterocycles. The van der Waals surface area contributed by atoms with Gasteiger partial charge in [-0.2, -0.15) is 4.31 Å². The quantitative estimate of drug-likeness (QED) is 0.862. The number of carbonyl (C=O) groups is 1. The molecule has 0 amide bonds. The van der Waals surface area contributed by atoms with Gasteiger partial charge in [0.2, 0.25) is 10.0 Å². The molecule has 0 aliphatic carbocycles. The molecule has 0 radical (unpaired) electrons. The molecule has 2 rings (SSSR count). The molecule has 0 aromatic carbocycles. The molecule has 1 N–H and O–H groups in total. The Morgan fingerprint density at radius 2 is 2.12 bits per heavy atom. The number of ketones is 1. The lowest BCUT2D eigenvalue weighted by Gasteiger charge is -2.40. The van der Waals surface area contributed by atoms with E-state index in [4.69, 9.17) is 0 Å². The second-order valence-corrected chi connectivity index (χ2v) is 6.77. The van der Waals surface area contributed by atoms with Gasteiger partial charge in [-0.25, -0.2) is 8.42 Å². The van der Waals surface area contributed by atoms with Crippen molar-refractivity contribution in [1.29, 1.82) is 0 Å². The highest BCUT2D eigenvalue weighted by Gasteiger charge is 2.41. The van der Waals surface area contributed by atoms with Crippen LogP contribution in [0.2, 0.25) is 0 Å². The molecule has 0 bridgehead atoms. The fraction of sp³-hybridized carbons (Fsp3) is 0.545. The number of nitrogens with one attached hydrogen (secondary N) is 1. The molecule has 0 spiro atoms. The monoisotopic (exact) mass is 256 g/mol. The van der Waals surface area contributed by atoms with Crippen LogP contribution in [0.5, 0.6) is 0 Å². The zero-order valence-electron chi connectivity index (χ0n) is 9.93. The first-order valence-electron chi connectivity index (χ1n) is 5.51. The topological polar surface area (TPSA) is 70.2 Å². The molecule has 0 saturated carbocycles. The summed E-state index contributed by atoms with van der Waals surface area (Å²) < 4.78 is 26.0. The number of piperidine rings is 1. The summed E-state index contributed by atoms with van der Waals surface area (Å²) in [5.74, 6) is -0.0246. The third-order valence-electron chi connectivity index (χ3n) is 3.17. The number of aromatic nitrogens is 1. The number of aromatic amines is 1. The van der Waals surface area contributed by atoms with Crippen LogP contribution in [0.1, 0.15) is 26.7 Å². The maximum absolute atomic E-state index is 12.4. The van der Waals surface area contributed by atoms with Gasteiger partial charge < -0.3 is 4.98 Å². The Bertz CT molecular complexity index is 517. The molecular weight excluding hydrogens is 240 g/mol. The summed E-state index contributed by atoms with van der Waals surface area (Å²) in [6.07, 6.45) is 4.01. The molecular formula is C11H16N2O3S. The molecule has 17 heavy (non-hydrogen) atoms. The van der Waals surface area contributed by atoms with Crippen molar-refractivity contribution >= 4 is 15.8 Å². The van der Waals surface area contributed by atoms with Crippen molar-refractivity contribution in [2.75, 3.05) is 6.54 Å². The van der Waals surface area contributed by atoms with Crippen LogP contribution in [0.15, 0.2) is 23.4 Å². The van der Waals surface area contributed by atoms with E-state index < -0.39 is 15.6 Å². The Labute approximate surface area is 101 Å². The number of rotatable bonds is 2. The predicted octanol–water partition coefficient (Wildman–Crippen LogP) is 1.15. The van der Waals surface area contributed by atoms with Gasteiger partial charge >= 0.3 is 0 Å². The number of nitrogens with zero attached hydrogens (tertiary/aromatic N) is 1. The number of sulfonamides is 1. The summed E-state index contributed by atoms with van der Waals surface area (Å²) in [7, 11) is -3.58. The van der Waals surface area contributed by atoms with Crippen molar-refractivity contribution in [2.45, 2.75) is 37.1 Å². The van der Waals surface area contributed by atoms with E-state index in [-0.39, 0.29) is 17.2 Å². The molecule has 0 unspecified atom stereocenters. The minimum Gasteiger partial charge on any atom is -0.366 e. The van der Waals surface area contributed by atoms with Gasteiger partial charge in [-0.15, -0.1) is 0 Å². The lowest BCUT2D eigenvalue weighted by molar-refractivity contribution is -0.123. The molecule has 6 heteroatoms. The Morgan fingerprint density at radius 3 is 2.71 bits per heavy atom. The zero-order chi connectivity index (χ0) is 12.7. The van der Waals surface area contributed by atoms with Crippen molar-refractivity contribution in [1.82, 2.24) is 9.29 Å². The summed E-state index contributed by atoms with van der Waals surface area (Å²) in [6.45, 7) is 3.67. The minimum absolute atomic E-state index is 0.0246. The Balaban J connectivity index is 2.41. The van der Waals surface area contributed by atoms with Crippen molar-refractivity contribution in [2.24, 2.45) is 0 Å². The number of hydrogen-bond donors (Lipinski definition) is 1. The Morgan fingerprint density at radius 1 is 1.41 bits per heavy atom. The molecule has 1 aromatic rings. The number of H-pyrrole nitrogens is 1. The summed E-state index contributed by atoms with van der Waals surface area (Å²) in [5.41, 5.74) is -0.510. The van der Waals surface area contributed by atoms with Gasteiger partial charge in [-0.05, 0) is 26.3 Å². The number of Topliss-reactive ketones (excluding diaryl/α,β-unsaturated/α-hetero) is 1. The first-order valence-corrected chi connectivity index (χ1v) is 6.95. The van der Waals surface area contributed by atoms with Crippen LogP contribution in [-0.4, -0.2) is 35.6 Å². The predicted molar refractivity (Wildman–Crippen MR) is 63.0 cm³/mol. The van der Waals surface area contributed by atoms with E-state index in [9.17, 15) is 13.2 Å². The van der Waals surface area contributed by atoms with Crippen LogP contribution in [0.4, 0.5) is 0 Å². The van der Waals surface area contributed by atoms with Crippen LogP contribution in [0.3, 0.4) is 0 Å². The third-order valence-corrected chi connectivity index (χ3v) is 5.22. The highest BCUT2D eigenvalue weighted by molar-refractivity contribution is 7.89. The first kappa shape index (κ1) is 12.3. The molecule has 0 atom stereocenters. The van der Waals surface area contributed by atoms with E-state index in [1.807, 2.05) is 13.8 Å². The van der Waals surface area contributed by atoms with Crippen molar-refractivity contribution in [3.05, 3.63) is 18.5 Å². The van der Waals surface area contributed by atoms with Crippen molar-refractivity contribution < 1.29 is 13.2 Å². The van der Waals surface area contributed by atoms with Gasteiger partial charge in [0.15, 0.2) is 0 Å². The van der Waals surface area contributed by atoms with Gasteiger partial charge in [-0.3, -0.25) is 4.79 Å². The van der Waals surface area contributed by atoms with E-state index in [1.54, 1.807) is 6.20 Å². The van der Waals surface area contributed by atoms with E-state index in [2.05, 4.69) is 4.98 Å². The molecule has 1 aliphatic rings. The normalized spacial score (nSPS) is 21.6. The standard InChI is InChI=1S/C11H16N2O3S/c1-11(2)5-3-9(14)8-13(11)17(15,16)10-4-6-12-7-10/h4,6-7,12H,3,5,8H2,1-2H3. The molecule has 5 nitrogen and oxygen atoms in total. The third kappa shape index (κ3) is 2.14. The second-order valence-electron chi connectivity index (χ2n) is 4.91. The van der Waals surface area contributed by atoms with Crippen LogP contribution in [0.25, 0.3) is 0 Å². The van der Waals surface area contributed by atoms with Crippen molar-refractivity contribution in [3.8, 4) is 0 Å². The highest BCUT2D eigenvalue weighted by Crippen LogP contribution is 2.31.